The molecule has 3 aromatic rings. The van der Waals surface area contributed by atoms with Gasteiger partial charge in [-0.15, -0.1) is 0 Å². The van der Waals surface area contributed by atoms with Crippen molar-refractivity contribution in [1.29, 1.82) is 0 Å². The Morgan fingerprint density at radius 2 is 1.85 bits per heavy atom. The average Bonchev–Trinajstić information content (AvgIpc) is 3.10. The average molecular weight is 390 g/mol. The van der Waals surface area contributed by atoms with Crippen LogP contribution in [0.5, 0.6) is 0 Å². The van der Waals surface area contributed by atoms with E-state index in [9.17, 15) is 23.7 Å². The predicted molar refractivity (Wildman–Crippen MR) is 95.5 cm³/mol. The summed E-state index contributed by atoms with van der Waals surface area (Å²) in [7, 11) is 0. The largest absolute Gasteiger partial charge is 0.456 e. The summed E-state index contributed by atoms with van der Waals surface area (Å²) in [5.74, 6) is -2.24. The minimum Gasteiger partial charge on any atom is -0.456 e. The maximum absolute atomic E-state index is 13.2. The number of allylic oxidation sites excluding steroid dienone is 1. The van der Waals surface area contributed by atoms with E-state index in [1.165, 1.54) is 36.4 Å². The van der Waals surface area contributed by atoms with Crippen molar-refractivity contribution in [3.8, 4) is 11.3 Å². The number of hydrogen-bond donors (Lipinski definition) is 0. The molecule has 8 heteroatoms. The van der Waals surface area contributed by atoms with Gasteiger partial charge in [-0.1, -0.05) is 11.6 Å². The number of nitrogens with zero attached hydrogens (tertiary/aromatic N) is 1. The molecule has 0 N–H and O–H groups in total. The van der Waals surface area contributed by atoms with E-state index in [1.807, 2.05) is 0 Å². The van der Waals surface area contributed by atoms with Crippen LogP contribution in [0.25, 0.3) is 17.4 Å². The molecule has 3 rings (SSSR count). The highest BCUT2D eigenvalue weighted by Gasteiger charge is 2.18. The number of hydrogen-bond acceptors (Lipinski definition) is 4. The van der Waals surface area contributed by atoms with Crippen LogP contribution in [-0.2, 0) is 0 Å². The fourth-order valence-corrected chi connectivity index (χ4v) is 2.52. The lowest BCUT2D eigenvalue weighted by Crippen LogP contribution is -1.96. The zero-order chi connectivity index (χ0) is 19.6. The van der Waals surface area contributed by atoms with Gasteiger partial charge in [0.1, 0.15) is 11.5 Å². The summed E-state index contributed by atoms with van der Waals surface area (Å²) < 4.78 is 31.6. The number of carbonyl (C=O) groups is 1. The van der Waals surface area contributed by atoms with Crippen LogP contribution in [0.15, 0.2) is 59.0 Å². The van der Waals surface area contributed by atoms with E-state index >= 15 is 0 Å². The summed E-state index contributed by atoms with van der Waals surface area (Å²) >= 11 is 5.78. The zero-order valence-corrected chi connectivity index (χ0v) is 14.2. The van der Waals surface area contributed by atoms with Crippen molar-refractivity contribution in [3.63, 3.8) is 0 Å². The smallest absolute Gasteiger partial charge is 0.281 e. The van der Waals surface area contributed by atoms with E-state index in [2.05, 4.69) is 0 Å². The molecule has 0 aliphatic carbocycles. The maximum Gasteiger partial charge on any atom is 0.281 e. The van der Waals surface area contributed by atoms with Crippen LogP contribution in [0.1, 0.15) is 16.1 Å². The molecule has 0 bridgehead atoms. The van der Waals surface area contributed by atoms with Crippen molar-refractivity contribution in [3.05, 3.63) is 92.7 Å². The quantitative estimate of drug-likeness (QED) is 0.243. The van der Waals surface area contributed by atoms with Crippen LogP contribution in [0.4, 0.5) is 14.5 Å². The molecule has 0 saturated heterocycles. The fourth-order valence-electron chi connectivity index (χ4n) is 2.35. The van der Waals surface area contributed by atoms with Gasteiger partial charge in [-0.3, -0.25) is 14.9 Å². The monoisotopic (exact) mass is 389 g/mol. The van der Waals surface area contributed by atoms with Crippen LogP contribution < -0.4 is 0 Å². The Kier molecular flexibility index (Phi) is 5.14. The van der Waals surface area contributed by atoms with Crippen molar-refractivity contribution in [2.45, 2.75) is 0 Å². The third-order valence-corrected chi connectivity index (χ3v) is 3.89. The second-order valence-corrected chi connectivity index (χ2v) is 5.88. The van der Waals surface area contributed by atoms with Gasteiger partial charge in [-0.25, -0.2) is 8.78 Å². The first-order chi connectivity index (χ1) is 12.8. The highest BCUT2D eigenvalue weighted by atomic mass is 35.5. The molecular weight excluding hydrogens is 380 g/mol. The topological polar surface area (TPSA) is 73.3 Å². The Bertz CT molecular complexity index is 1080. The van der Waals surface area contributed by atoms with Crippen LogP contribution in [0.2, 0.25) is 5.02 Å². The van der Waals surface area contributed by atoms with Crippen molar-refractivity contribution in [1.82, 2.24) is 0 Å². The molecule has 0 aliphatic rings. The van der Waals surface area contributed by atoms with E-state index in [-0.39, 0.29) is 33.4 Å². The molecule has 136 valence electrons. The Hall–Kier alpha value is -3.32. The Labute approximate surface area is 156 Å². The highest BCUT2D eigenvalue weighted by Crippen LogP contribution is 2.33. The molecule has 0 aliphatic heterocycles. The van der Waals surface area contributed by atoms with Crippen molar-refractivity contribution >= 4 is 29.1 Å². The van der Waals surface area contributed by atoms with Crippen molar-refractivity contribution in [2.24, 2.45) is 0 Å². The first-order valence-corrected chi connectivity index (χ1v) is 7.94. The number of halogens is 3. The van der Waals surface area contributed by atoms with E-state index in [4.69, 9.17) is 16.0 Å². The zero-order valence-electron chi connectivity index (χ0n) is 13.5. The first kappa shape index (κ1) is 18.5. The Morgan fingerprint density at radius 1 is 1.07 bits per heavy atom. The summed E-state index contributed by atoms with van der Waals surface area (Å²) in [6.45, 7) is 0. The number of furan rings is 1. The molecule has 0 radical (unpaired) electrons. The maximum atomic E-state index is 13.2. The normalized spacial score (nSPS) is 11.1. The molecule has 0 saturated carbocycles. The summed E-state index contributed by atoms with van der Waals surface area (Å²) in [6.07, 6.45) is 2.46. The van der Waals surface area contributed by atoms with Gasteiger partial charge in [-0.2, -0.15) is 0 Å². The van der Waals surface area contributed by atoms with Gasteiger partial charge in [0.05, 0.1) is 10.5 Å². The van der Waals surface area contributed by atoms with E-state index in [0.717, 1.165) is 24.3 Å². The molecule has 2 aromatic carbocycles. The standard InChI is InChI=1S/C19H10ClF2NO4/c20-12-2-5-14(17(10-12)23(25)26)19-8-4-13(27-19)3-7-18(24)11-1-6-15(21)16(22)9-11/h1-10H/b7-3+. The number of nitro groups is 1. The SMILES string of the molecule is O=C(/C=C/c1ccc(-c2ccc(Cl)cc2[N+](=O)[O-])o1)c1ccc(F)c(F)c1. The van der Waals surface area contributed by atoms with Gasteiger partial charge in [0.15, 0.2) is 17.4 Å². The lowest BCUT2D eigenvalue weighted by molar-refractivity contribution is -0.384. The van der Waals surface area contributed by atoms with Crippen LogP contribution >= 0.6 is 11.6 Å². The van der Waals surface area contributed by atoms with Gasteiger partial charge in [0, 0.05) is 16.7 Å². The third-order valence-electron chi connectivity index (χ3n) is 3.65. The fraction of sp³-hybridized carbons (Fsp3) is 0. The minimum atomic E-state index is -1.12. The second-order valence-electron chi connectivity index (χ2n) is 5.45. The molecule has 0 spiro atoms. The van der Waals surface area contributed by atoms with Crippen LogP contribution in [0.3, 0.4) is 0 Å². The summed E-state index contributed by atoms with van der Waals surface area (Å²) in [5, 5.41) is 11.4. The van der Waals surface area contributed by atoms with Gasteiger partial charge >= 0.3 is 0 Å². The van der Waals surface area contributed by atoms with Gasteiger partial charge in [-0.05, 0) is 54.6 Å². The lowest BCUT2D eigenvalue weighted by atomic mass is 10.1. The van der Waals surface area contributed by atoms with Crippen molar-refractivity contribution < 1.29 is 22.9 Å². The number of carbonyl (C=O) groups excluding carboxylic acids is 1. The molecule has 5 nitrogen and oxygen atoms in total. The Morgan fingerprint density at radius 3 is 2.56 bits per heavy atom. The third kappa shape index (κ3) is 4.09. The first-order valence-electron chi connectivity index (χ1n) is 7.57. The number of nitro benzene ring substituents is 1. The Balaban J connectivity index is 1.84. The van der Waals surface area contributed by atoms with E-state index in [1.54, 1.807) is 0 Å². The predicted octanol–water partition coefficient (Wildman–Crippen LogP) is 5.68. The van der Waals surface area contributed by atoms with Gasteiger partial charge < -0.3 is 4.42 Å². The summed E-state index contributed by atoms with van der Waals surface area (Å²) in [6, 6.07) is 10.0. The van der Waals surface area contributed by atoms with E-state index < -0.39 is 22.3 Å². The van der Waals surface area contributed by atoms with Crippen LogP contribution in [0, 0.1) is 21.7 Å². The molecule has 0 unspecified atom stereocenters. The minimum absolute atomic E-state index is 0.0229. The second kappa shape index (κ2) is 7.51. The molecular formula is C19H10ClF2NO4. The van der Waals surface area contributed by atoms with Gasteiger partial charge in [0.25, 0.3) is 5.69 Å². The highest BCUT2D eigenvalue weighted by molar-refractivity contribution is 6.30. The number of rotatable bonds is 5. The molecule has 0 atom stereocenters. The van der Waals surface area contributed by atoms with Gasteiger partial charge in [0.2, 0.25) is 0 Å². The van der Waals surface area contributed by atoms with E-state index in [0.29, 0.717) is 0 Å². The molecule has 27 heavy (non-hydrogen) atoms. The molecule has 1 aromatic heterocycles. The molecule has 0 amide bonds. The lowest BCUT2D eigenvalue weighted by Gasteiger charge is -2.00. The van der Waals surface area contributed by atoms with Crippen LogP contribution in [-0.4, -0.2) is 10.7 Å². The number of benzene rings is 2. The van der Waals surface area contributed by atoms with Crippen molar-refractivity contribution in [2.75, 3.05) is 0 Å². The molecule has 0 fully saturated rings. The number of ketones is 1. The summed E-state index contributed by atoms with van der Waals surface area (Å²) in [5.41, 5.74) is -0.00788. The summed E-state index contributed by atoms with van der Waals surface area (Å²) in [4.78, 5) is 22.6. The molecule has 1 heterocycles.